The van der Waals surface area contributed by atoms with Crippen molar-refractivity contribution in [3.8, 4) is 0 Å². The average Bonchev–Trinajstić information content (AvgIpc) is 2.93. The Balaban J connectivity index is 2.11. The molecule has 1 heterocycles. The van der Waals surface area contributed by atoms with E-state index in [0.29, 0.717) is 12.3 Å². The maximum Gasteiger partial charge on any atom is 0.292 e. The van der Waals surface area contributed by atoms with Crippen LogP contribution in [0.3, 0.4) is 0 Å². The van der Waals surface area contributed by atoms with Gasteiger partial charge >= 0.3 is 0 Å². The summed E-state index contributed by atoms with van der Waals surface area (Å²) in [6.07, 6.45) is 0.726. The fourth-order valence-electron chi connectivity index (χ4n) is 2.19. The molecule has 0 spiro atoms. The molecule has 0 bridgehead atoms. The molecule has 0 N–H and O–H groups in total. The van der Waals surface area contributed by atoms with Crippen molar-refractivity contribution in [2.45, 2.75) is 19.4 Å². The van der Waals surface area contributed by atoms with Crippen molar-refractivity contribution in [1.82, 2.24) is 10.1 Å². The zero-order chi connectivity index (χ0) is 15.2. The van der Waals surface area contributed by atoms with Crippen LogP contribution in [-0.2, 0) is 11.2 Å². The van der Waals surface area contributed by atoms with Gasteiger partial charge in [-0.3, -0.25) is 4.79 Å². The molecule has 0 saturated heterocycles. The van der Waals surface area contributed by atoms with Gasteiger partial charge in [-0.05, 0) is 18.9 Å². The van der Waals surface area contributed by atoms with Gasteiger partial charge in [-0.15, -0.1) is 0 Å². The van der Waals surface area contributed by atoms with E-state index in [1.807, 2.05) is 30.3 Å². The SMILES string of the molecule is COC[C@@H](Cc1ccccc1)N(C)C(=O)c1cc(C)no1. The normalized spacial score (nSPS) is 12.1. The Morgan fingerprint density at radius 3 is 2.67 bits per heavy atom. The molecule has 5 heteroatoms. The summed E-state index contributed by atoms with van der Waals surface area (Å²) < 4.78 is 10.3. The minimum absolute atomic E-state index is 0.0599. The van der Waals surface area contributed by atoms with Crippen molar-refractivity contribution in [3.63, 3.8) is 0 Å². The van der Waals surface area contributed by atoms with Gasteiger partial charge in [0.05, 0.1) is 18.3 Å². The van der Waals surface area contributed by atoms with E-state index in [2.05, 4.69) is 5.16 Å². The predicted molar refractivity (Wildman–Crippen MR) is 79.1 cm³/mol. The van der Waals surface area contributed by atoms with Crippen molar-refractivity contribution in [1.29, 1.82) is 0 Å². The van der Waals surface area contributed by atoms with Crippen LogP contribution in [0.2, 0.25) is 0 Å². The third kappa shape index (κ3) is 3.92. The van der Waals surface area contributed by atoms with Gasteiger partial charge in [0.15, 0.2) is 0 Å². The summed E-state index contributed by atoms with van der Waals surface area (Å²) in [6, 6.07) is 11.6. The van der Waals surface area contributed by atoms with Crippen LogP contribution in [0.1, 0.15) is 21.8 Å². The molecule has 0 unspecified atom stereocenters. The van der Waals surface area contributed by atoms with Crippen LogP contribution in [-0.4, -0.2) is 42.8 Å². The van der Waals surface area contributed by atoms with E-state index in [-0.39, 0.29) is 17.7 Å². The number of methoxy groups -OCH3 is 1. The number of ether oxygens (including phenoxy) is 1. The highest BCUT2D eigenvalue weighted by Crippen LogP contribution is 2.13. The number of aryl methyl sites for hydroxylation is 1. The molecule has 1 aromatic heterocycles. The minimum Gasteiger partial charge on any atom is -0.383 e. The molecule has 1 aromatic carbocycles. The number of aromatic nitrogens is 1. The number of likely N-dealkylation sites (N-methyl/N-ethyl adjacent to an activating group) is 1. The van der Waals surface area contributed by atoms with Gasteiger partial charge in [0.25, 0.3) is 5.91 Å². The lowest BCUT2D eigenvalue weighted by Crippen LogP contribution is -2.41. The number of carbonyl (C=O) groups excluding carboxylic acids is 1. The molecule has 2 rings (SSSR count). The van der Waals surface area contributed by atoms with E-state index in [0.717, 1.165) is 12.0 Å². The van der Waals surface area contributed by atoms with Gasteiger partial charge < -0.3 is 14.2 Å². The Bertz CT molecular complexity index is 580. The van der Waals surface area contributed by atoms with Crippen molar-refractivity contribution in [2.75, 3.05) is 20.8 Å². The summed E-state index contributed by atoms with van der Waals surface area (Å²) >= 11 is 0. The van der Waals surface area contributed by atoms with Crippen LogP contribution in [0, 0.1) is 6.92 Å². The molecule has 2 aromatic rings. The third-order valence-electron chi connectivity index (χ3n) is 3.38. The smallest absolute Gasteiger partial charge is 0.292 e. The van der Waals surface area contributed by atoms with Crippen molar-refractivity contribution in [3.05, 3.63) is 53.4 Å². The van der Waals surface area contributed by atoms with Gasteiger partial charge in [0, 0.05) is 20.2 Å². The second kappa shape index (κ2) is 7.04. The third-order valence-corrected chi connectivity index (χ3v) is 3.38. The summed E-state index contributed by atoms with van der Waals surface area (Å²) in [5.74, 6) is 0.0674. The van der Waals surface area contributed by atoms with Gasteiger partial charge in [-0.2, -0.15) is 0 Å². The first kappa shape index (κ1) is 15.3. The summed E-state index contributed by atoms with van der Waals surface area (Å²) in [5.41, 5.74) is 1.85. The standard InChI is InChI=1S/C16H20N2O3/c1-12-9-15(21-17-12)16(19)18(2)14(11-20-3)10-13-7-5-4-6-8-13/h4-9,14H,10-11H2,1-3H3/t14-/m1/s1. The highest BCUT2D eigenvalue weighted by Gasteiger charge is 2.24. The Labute approximate surface area is 124 Å². The molecule has 0 fully saturated rings. The Hall–Kier alpha value is -2.14. The second-order valence-corrected chi connectivity index (χ2v) is 5.05. The number of rotatable bonds is 6. The van der Waals surface area contributed by atoms with E-state index >= 15 is 0 Å². The fourth-order valence-corrected chi connectivity index (χ4v) is 2.19. The lowest BCUT2D eigenvalue weighted by molar-refractivity contribution is 0.0567. The molecule has 0 aliphatic rings. The highest BCUT2D eigenvalue weighted by molar-refractivity contribution is 5.91. The zero-order valence-electron chi connectivity index (χ0n) is 12.6. The lowest BCUT2D eigenvalue weighted by Gasteiger charge is -2.27. The first-order chi connectivity index (χ1) is 10.1. The van der Waals surface area contributed by atoms with Crippen LogP contribution in [0.4, 0.5) is 0 Å². The Morgan fingerprint density at radius 2 is 2.10 bits per heavy atom. The Kier molecular flexibility index (Phi) is 5.11. The first-order valence-electron chi connectivity index (χ1n) is 6.85. The molecule has 1 atom stereocenters. The molecule has 0 radical (unpaired) electrons. The number of nitrogens with zero attached hydrogens (tertiary/aromatic N) is 2. The molecular weight excluding hydrogens is 268 g/mol. The summed E-state index contributed by atoms with van der Waals surface area (Å²) in [6.45, 7) is 2.25. The van der Waals surface area contributed by atoms with Crippen LogP contribution in [0.25, 0.3) is 0 Å². The fraction of sp³-hybridized carbons (Fsp3) is 0.375. The largest absolute Gasteiger partial charge is 0.383 e. The maximum atomic E-state index is 12.4. The van der Waals surface area contributed by atoms with E-state index in [1.165, 1.54) is 0 Å². The Morgan fingerprint density at radius 1 is 1.38 bits per heavy atom. The highest BCUT2D eigenvalue weighted by atomic mass is 16.5. The van der Waals surface area contributed by atoms with E-state index < -0.39 is 0 Å². The molecule has 1 amide bonds. The summed E-state index contributed by atoms with van der Waals surface area (Å²) in [5, 5.41) is 3.76. The topological polar surface area (TPSA) is 55.6 Å². The van der Waals surface area contributed by atoms with Gasteiger partial charge in [0.1, 0.15) is 0 Å². The quantitative estimate of drug-likeness (QED) is 0.818. The van der Waals surface area contributed by atoms with Gasteiger partial charge in [-0.1, -0.05) is 35.5 Å². The van der Waals surface area contributed by atoms with E-state index in [9.17, 15) is 4.79 Å². The van der Waals surface area contributed by atoms with Crippen LogP contribution in [0.5, 0.6) is 0 Å². The monoisotopic (exact) mass is 288 g/mol. The second-order valence-electron chi connectivity index (χ2n) is 5.05. The molecule has 0 aliphatic heterocycles. The molecular formula is C16H20N2O3. The number of hydrogen-bond acceptors (Lipinski definition) is 4. The number of carbonyl (C=O) groups is 1. The van der Waals surface area contributed by atoms with Gasteiger partial charge in [0.2, 0.25) is 5.76 Å². The maximum absolute atomic E-state index is 12.4. The van der Waals surface area contributed by atoms with Crippen molar-refractivity contribution < 1.29 is 14.1 Å². The zero-order valence-corrected chi connectivity index (χ0v) is 12.6. The van der Waals surface area contributed by atoms with E-state index in [1.54, 1.807) is 32.0 Å². The number of hydrogen-bond donors (Lipinski definition) is 0. The molecule has 21 heavy (non-hydrogen) atoms. The molecule has 5 nitrogen and oxygen atoms in total. The predicted octanol–water partition coefficient (Wildman–Crippen LogP) is 2.31. The lowest BCUT2D eigenvalue weighted by atomic mass is 10.1. The van der Waals surface area contributed by atoms with Crippen molar-refractivity contribution >= 4 is 5.91 Å². The summed E-state index contributed by atoms with van der Waals surface area (Å²) in [4.78, 5) is 14.1. The van der Waals surface area contributed by atoms with Crippen LogP contribution >= 0.6 is 0 Å². The molecule has 0 aliphatic carbocycles. The molecule has 112 valence electrons. The van der Waals surface area contributed by atoms with E-state index in [4.69, 9.17) is 9.26 Å². The van der Waals surface area contributed by atoms with Crippen molar-refractivity contribution in [2.24, 2.45) is 0 Å². The van der Waals surface area contributed by atoms with Crippen LogP contribution in [0.15, 0.2) is 40.9 Å². The first-order valence-corrected chi connectivity index (χ1v) is 6.85. The van der Waals surface area contributed by atoms with Gasteiger partial charge in [-0.25, -0.2) is 0 Å². The number of benzene rings is 1. The molecule has 0 saturated carbocycles. The average molecular weight is 288 g/mol. The summed E-state index contributed by atoms with van der Waals surface area (Å²) in [7, 11) is 3.39. The minimum atomic E-state index is -0.186. The van der Waals surface area contributed by atoms with Crippen LogP contribution < -0.4 is 0 Å². The number of amides is 1.